The third kappa shape index (κ3) is 2.32. The van der Waals surface area contributed by atoms with E-state index in [9.17, 15) is 9.18 Å². The van der Waals surface area contributed by atoms with Gasteiger partial charge in [0.05, 0.1) is 5.56 Å². The smallest absolute Gasteiger partial charge is 0.215 e. The van der Waals surface area contributed by atoms with Crippen LogP contribution in [0.1, 0.15) is 34.7 Å². The van der Waals surface area contributed by atoms with Crippen molar-refractivity contribution < 1.29 is 9.18 Å². The highest BCUT2D eigenvalue weighted by Crippen LogP contribution is 2.20. The Morgan fingerprint density at radius 1 is 1.25 bits per heavy atom. The van der Waals surface area contributed by atoms with Crippen molar-refractivity contribution in [2.75, 3.05) is 0 Å². The van der Waals surface area contributed by atoms with Crippen molar-refractivity contribution in [3.05, 3.63) is 71.6 Å². The summed E-state index contributed by atoms with van der Waals surface area (Å²) in [6.45, 7) is 0. The molecule has 0 bridgehead atoms. The SMILES string of the molecule is O=C(c1c[nH]c(C2=CCCC=C2)n1)c1ccccc1F. The molecule has 1 aliphatic carbocycles. The zero-order chi connectivity index (χ0) is 13.9. The summed E-state index contributed by atoms with van der Waals surface area (Å²) in [6.07, 6.45) is 9.60. The molecule has 3 nitrogen and oxygen atoms in total. The van der Waals surface area contributed by atoms with Crippen LogP contribution >= 0.6 is 0 Å². The summed E-state index contributed by atoms with van der Waals surface area (Å²) >= 11 is 0. The Morgan fingerprint density at radius 2 is 2.10 bits per heavy atom. The van der Waals surface area contributed by atoms with Crippen molar-refractivity contribution in [2.45, 2.75) is 12.8 Å². The van der Waals surface area contributed by atoms with E-state index in [-0.39, 0.29) is 11.3 Å². The van der Waals surface area contributed by atoms with Gasteiger partial charge in [-0.15, -0.1) is 0 Å². The van der Waals surface area contributed by atoms with Crippen LogP contribution < -0.4 is 0 Å². The predicted octanol–water partition coefficient (Wildman–Crippen LogP) is 3.51. The molecule has 1 heterocycles. The zero-order valence-corrected chi connectivity index (χ0v) is 10.8. The summed E-state index contributed by atoms with van der Waals surface area (Å²) in [5.41, 5.74) is 1.23. The van der Waals surface area contributed by atoms with E-state index in [1.165, 1.54) is 18.3 Å². The molecule has 1 aromatic carbocycles. The summed E-state index contributed by atoms with van der Waals surface area (Å²) in [5.74, 6) is -0.301. The van der Waals surface area contributed by atoms with Crippen LogP contribution in [0.2, 0.25) is 0 Å². The average molecular weight is 268 g/mol. The molecule has 0 unspecified atom stereocenters. The lowest BCUT2D eigenvalue weighted by Gasteiger charge is -2.02. The van der Waals surface area contributed by atoms with Crippen molar-refractivity contribution in [1.82, 2.24) is 9.97 Å². The maximum atomic E-state index is 13.6. The summed E-state index contributed by atoms with van der Waals surface area (Å²) in [5, 5.41) is 0. The number of hydrogen-bond donors (Lipinski definition) is 1. The first-order valence-electron chi connectivity index (χ1n) is 6.47. The van der Waals surface area contributed by atoms with Gasteiger partial charge in [-0.2, -0.15) is 0 Å². The Hall–Kier alpha value is -2.49. The Bertz CT molecular complexity index is 713. The van der Waals surface area contributed by atoms with E-state index in [1.54, 1.807) is 12.1 Å². The van der Waals surface area contributed by atoms with Crippen LogP contribution in [-0.2, 0) is 0 Å². The molecule has 0 saturated heterocycles. The second-order valence-corrected chi connectivity index (χ2v) is 4.58. The Morgan fingerprint density at radius 3 is 2.85 bits per heavy atom. The van der Waals surface area contributed by atoms with Gasteiger partial charge in [0.1, 0.15) is 17.3 Å². The first-order chi connectivity index (χ1) is 9.75. The van der Waals surface area contributed by atoms with Crippen molar-refractivity contribution in [2.24, 2.45) is 0 Å². The van der Waals surface area contributed by atoms with Crippen LogP contribution in [0, 0.1) is 5.82 Å². The van der Waals surface area contributed by atoms with Crippen LogP contribution in [-0.4, -0.2) is 15.8 Å². The molecular formula is C16H13FN2O. The topological polar surface area (TPSA) is 45.8 Å². The van der Waals surface area contributed by atoms with Crippen molar-refractivity contribution in [3.63, 3.8) is 0 Å². The minimum Gasteiger partial charge on any atom is -0.344 e. The van der Waals surface area contributed by atoms with Gasteiger partial charge < -0.3 is 4.98 Å². The number of halogens is 1. The van der Waals surface area contributed by atoms with E-state index in [2.05, 4.69) is 22.1 Å². The lowest BCUT2D eigenvalue weighted by atomic mass is 10.1. The number of carbonyl (C=O) groups is 1. The molecule has 0 aliphatic heterocycles. The number of H-pyrrole nitrogens is 1. The Labute approximate surface area is 115 Å². The molecule has 0 spiro atoms. The summed E-state index contributed by atoms with van der Waals surface area (Å²) in [6, 6.07) is 5.93. The maximum Gasteiger partial charge on any atom is 0.215 e. The largest absolute Gasteiger partial charge is 0.344 e. The quantitative estimate of drug-likeness (QED) is 0.866. The van der Waals surface area contributed by atoms with Gasteiger partial charge in [-0.3, -0.25) is 4.79 Å². The molecular weight excluding hydrogens is 255 g/mol. The predicted molar refractivity (Wildman–Crippen MR) is 74.8 cm³/mol. The van der Waals surface area contributed by atoms with Gasteiger partial charge in [-0.25, -0.2) is 9.37 Å². The second kappa shape index (κ2) is 5.25. The molecule has 20 heavy (non-hydrogen) atoms. The van der Waals surface area contributed by atoms with E-state index in [0.717, 1.165) is 18.4 Å². The highest BCUT2D eigenvalue weighted by atomic mass is 19.1. The highest BCUT2D eigenvalue weighted by Gasteiger charge is 2.17. The standard InChI is InChI=1S/C16H13FN2O/c17-13-9-5-4-8-12(13)15(20)14-10-18-16(19-14)11-6-2-1-3-7-11/h2,4-10H,1,3H2,(H,18,19). The molecule has 0 radical (unpaired) electrons. The number of allylic oxidation sites excluding steroid dienone is 4. The summed E-state index contributed by atoms with van der Waals surface area (Å²) in [7, 11) is 0. The van der Waals surface area contributed by atoms with Gasteiger partial charge in [0.25, 0.3) is 0 Å². The van der Waals surface area contributed by atoms with Crippen LogP contribution in [0.15, 0.2) is 48.7 Å². The van der Waals surface area contributed by atoms with E-state index >= 15 is 0 Å². The van der Waals surface area contributed by atoms with Gasteiger partial charge in [0.2, 0.25) is 5.78 Å². The normalized spacial score (nSPS) is 14.2. The highest BCUT2D eigenvalue weighted by molar-refractivity contribution is 6.08. The first kappa shape index (κ1) is 12.5. The third-order valence-electron chi connectivity index (χ3n) is 3.20. The van der Waals surface area contributed by atoms with E-state index in [4.69, 9.17) is 0 Å². The molecule has 4 heteroatoms. The molecule has 1 N–H and O–H groups in total. The van der Waals surface area contributed by atoms with Crippen LogP contribution in [0.25, 0.3) is 5.57 Å². The number of ketones is 1. The number of aromatic amines is 1. The van der Waals surface area contributed by atoms with Crippen molar-refractivity contribution >= 4 is 11.4 Å². The zero-order valence-electron chi connectivity index (χ0n) is 10.8. The molecule has 0 amide bonds. The summed E-state index contributed by atoms with van der Waals surface area (Å²) < 4.78 is 13.6. The monoisotopic (exact) mass is 268 g/mol. The van der Waals surface area contributed by atoms with Gasteiger partial charge >= 0.3 is 0 Å². The number of carbonyl (C=O) groups excluding carboxylic acids is 1. The van der Waals surface area contributed by atoms with Gasteiger partial charge in [-0.05, 0) is 25.0 Å². The first-order valence-corrected chi connectivity index (χ1v) is 6.47. The molecule has 3 rings (SSSR count). The van der Waals surface area contributed by atoms with Crippen molar-refractivity contribution in [1.29, 1.82) is 0 Å². The minimum absolute atomic E-state index is 0.0405. The number of imidazole rings is 1. The fourth-order valence-electron chi connectivity index (χ4n) is 2.16. The van der Waals surface area contributed by atoms with Gasteiger partial charge in [0, 0.05) is 11.8 Å². The fourth-order valence-corrected chi connectivity index (χ4v) is 2.16. The third-order valence-corrected chi connectivity index (χ3v) is 3.20. The number of nitrogens with one attached hydrogen (secondary N) is 1. The fraction of sp³-hybridized carbons (Fsp3) is 0.125. The van der Waals surface area contributed by atoms with Crippen LogP contribution in [0.3, 0.4) is 0 Å². The van der Waals surface area contributed by atoms with Crippen LogP contribution in [0.5, 0.6) is 0 Å². The second-order valence-electron chi connectivity index (χ2n) is 4.58. The van der Waals surface area contributed by atoms with E-state index < -0.39 is 11.6 Å². The Kier molecular flexibility index (Phi) is 3.29. The number of aromatic nitrogens is 2. The Balaban J connectivity index is 1.91. The van der Waals surface area contributed by atoms with Crippen LogP contribution in [0.4, 0.5) is 4.39 Å². The lowest BCUT2D eigenvalue weighted by molar-refractivity contribution is 0.103. The molecule has 0 atom stereocenters. The summed E-state index contributed by atoms with van der Waals surface area (Å²) in [4.78, 5) is 19.4. The molecule has 1 aromatic heterocycles. The average Bonchev–Trinajstić information content (AvgIpc) is 2.98. The lowest BCUT2D eigenvalue weighted by Crippen LogP contribution is -2.04. The molecule has 0 fully saturated rings. The molecule has 100 valence electrons. The number of nitrogens with zero attached hydrogens (tertiary/aromatic N) is 1. The van der Waals surface area contributed by atoms with Crippen molar-refractivity contribution in [3.8, 4) is 0 Å². The van der Waals surface area contributed by atoms with Gasteiger partial charge in [0.15, 0.2) is 0 Å². The molecule has 1 aliphatic rings. The molecule has 0 saturated carbocycles. The maximum absolute atomic E-state index is 13.6. The number of rotatable bonds is 3. The number of hydrogen-bond acceptors (Lipinski definition) is 2. The molecule has 2 aromatic rings. The van der Waals surface area contributed by atoms with E-state index in [1.807, 2.05) is 6.08 Å². The van der Waals surface area contributed by atoms with Gasteiger partial charge in [-0.1, -0.05) is 30.4 Å². The number of benzene rings is 1. The minimum atomic E-state index is -0.529. The van der Waals surface area contributed by atoms with E-state index in [0.29, 0.717) is 5.82 Å².